The van der Waals surface area contributed by atoms with Crippen LogP contribution in [-0.4, -0.2) is 22.8 Å². The predicted octanol–water partition coefficient (Wildman–Crippen LogP) is 1.85. The smallest absolute Gasteiger partial charge is 0.387 e. The summed E-state index contributed by atoms with van der Waals surface area (Å²) in [5.41, 5.74) is -0.463. The quantitative estimate of drug-likeness (QED) is 0.855. The third-order valence-corrected chi connectivity index (χ3v) is 2.11. The van der Waals surface area contributed by atoms with E-state index in [1.165, 1.54) is 6.92 Å². The monoisotopic (exact) mass is 250 g/mol. The molecule has 0 spiro atoms. The zero-order valence-corrected chi connectivity index (χ0v) is 8.65. The first-order valence-electron chi connectivity index (χ1n) is 4.48. The molecule has 4 nitrogen and oxygen atoms in total. The van der Waals surface area contributed by atoms with Crippen LogP contribution < -0.4 is 4.74 Å². The van der Waals surface area contributed by atoms with Crippen molar-refractivity contribution in [2.45, 2.75) is 19.6 Å². The Kier molecular flexibility index (Phi) is 3.95. The van der Waals surface area contributed by atoms with E-state index in [1.807, 2.05) is 0 Å². The SMILES string of the molecule is Cc1c(F)cc(OC(F)F)cc1C(O)C(=O)O. The molecule has 0 saturated heterocycles. The maximum absolute atomic E-state index is 13.3. The van der Waals surface area contributed by atoms with E-state index < -0.39 is 30.3 Å². The molecule has 0 aliphatic carbocycles. The van der Waals surface area contributed by atoms with Crippen LogP contribution in [0.4, 0.5) is 13.2 Å². The van der Waals surface area contributed by atoms with Gasteiger partial charge in [-0.3, -0.25) is 0 Å². The Morgan fingerprint density at radius 3 is 2.47 bits per heavy atom. The van der Waals surface area contributed by atoms with Crippen molar-refractivity contribution < 1.29 is 32.9 Å². The van der Waals surface area contributed by atoms with Gasteiger partial charge in [-0.15, -0.1) is 0 Å². The average Bonchev–Trinajstić information content (AvgIpc) is 2.21. The molecule has 1 rings (SSSR count). The molecule has 1 aromatic carbocycles. The first-order chi connectivity index (χ1) is 7.82. The molecule has 17 heavy (non-hydrogen) atoms. The fourth-order valence-corrected chi connectivity index (χ4v) is 1.26. The molecular formula is C10H9F3O4. The number of aliphatic hydroxyl groups excluding tert-OH is 1. The highest BCUT2D eigenvalue weighted by Gasteiger charge is 2.22. The number of rotatable bonds is 4. The fourth-order valence-electron chi connectivity index (χ4n) is 1.26. The summed E-state index contributed by atoms with van der Waals surface area (Å²) in [4.78, 5) is 10.5. The minimum absolute atomic E-state index is 0.137. The van der Waals surface area contributed by atoms with E-state index in [0.29, 0.717) is 6.07 Å². The van der Waals surface area contributed by atoms with Gasteiger partial charge in [-0.05, 0) is 18.6 Å². The molecule has 0 aliphatic rings. The lowest BCUT2D eigenvalue weighted by atomic mass is 10.0. The van der Waals surface area contributed by atoms with Gasteiger partial charge in [0.15, 0.2) is 6.10 Å². The number of ether oxygens (including phenoxy) is 1. The van der Waals surface area contributed by atoms with E-state index in [9.17, 15) is 23.1 Å². The van der Waals surface area contributed by atoms with Crippen molar-refractivity contribution in [3.63, 3.8) is 0 Å². The Balaban J connectivity index is 3.19. The Morgan fingerprint density at radius 1 is 1.41 bits per heavy atom. The number of hydrogen-bond acceptors (Lipinski definition) is 3. The van der Waals surface area contributed by atoms with Crippen molar-refractivity contribution in [1.29, 1.82) is 0 Å². The van der Waals surface area contributed by atoms with Gasteiger partial charge in [0.1, 0.15) is 11.6 Å². The molecule has 0 fully saturated rings. The second kappa shape index (κ2) is 5.05. The third-order valence-electron chi connectivity index (χ3n) is 2.11. The maximum atomic E-state index is 13.3. The minimum atomic E-state index is -3.16. The average molecular weight is 250 g/mol. The third kappa shape index (κ3) is 3.10. The van der Waals surface area contributed by atoms with Crippen LogP contribution in [-0.2, 0) is 4.79 Å². The molecule has 0 aromatic heterocycles. The lowest BCUT2D eigenvalue weighted by molar-refractivity contribution is -0.147. The van der Waals surface area contributed by atoms with Gasteiger partial charge >= 0.3 is 12.6 Å². The first kappa shape index (κ1) is 13.3. The van der Waals surface area contributed by atoms with Gasteiger partial charge in [-0.25, -0.2) is 9.18 Å². The number of hydrogen-bond donors (Lipinski definition) is 2. The number of carboxylic acids is 1. The van der Waals surface area contributed by atoms with Crippen LogP contribution in [0.15, 0.2) is 12.1 Å². The molecule has 1 aromatic rings. The Bertz CT molecular complexity index is 434. The maximum Gasteiger partial charge on any atom is 0.387 e. The van der Waals surface area contributed by atoms with Crippen molar-refractivity contribution in [2.24, 2.45) is 0 Å². The fraction of sp³-hybridized carbons (Fsp3) is 0.300. The molecule has 1 unspecified atom stereocenters. The van der Waals surface area contributed by atoms with Crippen LogP contribution in [0.2, 0.25) is 0 Å². The van der Waals surface area contributed by atoms with Gasteiger partial charge in [-0.1, -0.05) is 0 Å². The number of aliphatic carboxylic acids is 1. The minimum Gasteiger partial charge on any atom is -0.479 e. The largest absolute Gasteiger partial charge is 0.479 e. The summed E-state index contributed by atoms with van der Waals surface area (Å²) in [5, 5.41) is 17.8. The van der Waals surface area contributed by atoms with Gasteiger partial charge < -0.3 is 14.9 Å². The van der Waals surface area contributed by atoms with E-state index in [2.05, 4.69) is 4.74 Å². The zero-order valence-electron chi connectivity index (χ0n) is 8.65. The molecular weight excluding hydrogens is 241 g/mol. The van der Waals surface area contributed by atoms with E-state index in [1.54, 1.807) is 0 Å². The molecule has 0 aliphatic heterocycles. The highest BCUT2D eigenvalue weighted by atomic mass is 19.3. The van der Waals surface area contributed by atoms with Gasteiger partial charge in [0.2, 0.25) is 0 Å². The summed E-state index contributed by atoms with van der Waals surface area (Å²) in [6.07, 6.45) is -1.99. The van der Waals surface area contributed by atoms with E-state index >= 15 is 0 Å². The van der Waals surface area contributed by atoms with Crippen molar-refractivity contribution in [3.8, 4) is 5.75 Å². The number of carbonyl (C=O) groups is 1. The van der Waals surface area contributed by atoms with Gasteiger partial charge in [0.25, 0.3) is 0 Å². The summed E-state index contributed by atoms with van der Waals surface area (Å²) >= 11 is 0. The number of aliphatic hydroxyl groups is 1. The molecule has 0 amide bonds. The molecule has 0 bridgehead atoms. The summed E-state index contributed by atoms with van der Waals surface area (Å²) in [7, 11) is 0. The number of alkyl halides is 2. The Morgan fingerprint density at radius 2 is 2.00 bits per heavy atom. The van der Waals surface area contributed by atoms with Crippen LogP contribution in [0.1, 0.15) is 17.2 Å². The Hall–Kier alpha value is -1.76. The molecule has 0 heterocycles. The molecule has 1 atom stereocenters. The van der Waals surface area contributed by atoms with Crippen molar-refractivity contribution in [1.82, 2.24) is 0 Å². The van der Waals surface area contributed by atoms with Crippen molar-refractivity contribution in [2.75, 3.05) is 0 Å². The van der Waals surface area contributed by atoms with Crippen molar-refractivity contribution in [3.05, 3.63) is 29.1 Å². The van der Waals surface area contributed by atoms with Crippen LogP contribution in [0, 0.1) is 12.7 Å². The number of halogens is 3. The van der Waals surface area contributed by atoms with Gasteiger partial charge in [0.05, 0.1) is 0 Å². The lowest BCUT2D eigenvalue weighted by Gasteiger charge is -2.13. The highest BCUT2D eigenvalue weighted by Crippen LogP contribution is 2.27. The predicted molar refractivity (Wildman–Crippen MR) is 50.4 cm³/mol. The standard InChI is InChI=1S/C10H9F3O4/c1-4-6(8(14)9(15)16)2-5(3-7(4)11)17-10(12)13/h2-3,8,10,14H,1H3,(H,15,16). The molecule has 2 N–H and O–H groups in total. The number of benzene rings is 1. The second-order valence-corrected chi connectivity index (χ2v) is 3.24. The molecule has 7 heteroatoms. The highest BCUT2D eigenvalue weighted by molar-refractivity contribution is 5.74. The van der Waals surface area contributed by atoms with Gasteiger partial charge in [0, 0.05) is 11.6 Å². The zero-order chi connectivity index (χ0) is 13.2. The van der Waals surface area contributed by atoms with E-state index in [-0.39, 0.29) is 11.1 Å². The van der Waals surface area contributed by atoms with Crippen LogP contribution >= 0.6 is 0 Å². The second-order valence-electron chi connectivity index (χ2n) is 3.24. The summed E-state index contributed by atoms with van der Waals surface area (Å²) in [6, 6.07) is 1.56. The van der Waals surface area contributed by atoms with Crippen LogP contribution in [0.25, 0.3) is 0 Å². The first-order valence-corrected chi connectivity index (χ1v) is 4.48. The molecule has 94 valence electrons. The normalized spacial score (nSPS) is 12.6. The van der Waals surface area contributed by atoms with Crippen LogP contribution in [0.3, 0.4) is 0 Å². The van der Waals surface area contributed by atoms with Crippen LogP contribution in [0.5, 0.6) is 5.75 Å². The van der Waals surface area contributed by atoms with E-state index in [4.69, 9.17) is 5.11 Å². The topological polar surface area (TPSA) is 66.8 Å². The van der Waals surface area contributed by atoms with Crippen molar-refractivity contribution >= 4 is 5.97 Å². The molecule has 0 saturated carbocycles. The summed E-state index contributed by atoms with van der Waals surface area (Å²) in [6.45, 7) is -1.94. The Labute approximate surface area is 94.3 Å². The van der Waals surface area contributed by atoms with Gasteiger partial charge in [-0.2, -0.15) is 8.78 Å². The molecule has 0 radical (unpaired) electrons. The number of carboxylic acid groups (broad SMARTS) is 1. The summed E-state index contributed by atoms with van der Waals surface area (Å²) in [5.74, 6) is -3.08. The lowest BCUT2D eigenvalue weighted by Crippen LogP contribution is -2.13. The van der Waals surface area contributed by atoms with E-state index in [0.717, 1.165) is 6.07 Å². The summed E-state index contributed by atoms with van der Waals surface area (Å²) < 4.78 is 41.1.